The molecule has 2 aromatic rings. The van der Waals surface area contributed by atoms with E-state index in [1.807, 2.05) is 65.5 Å². The van der Waals surface area contributed by atoms with Crippen LogP contribution in [0.4, 0.5) is 0 Å². The second-order valence-electron chi connectivity index (χ2n) is 6.10. The second-order valence-corrected chi connectivity index (χ2v) is 6.10. The number of hydrogen-bond acceptors (Lipinski definition) is 5. The Morgan fingerprint density at radius 3 is 2.60 bits per heavy atom. The summed E-state index contributed by atoms with van der Waals surface area (Å²) >= 11 is 0. The summed E-state index contributed by atoms with van der Waals surface area (Å²) in [5.41, 5.74) is 3.80. The van der Waals surface area contributed by atoms with Crippen LogP contribution in [-0.4, -0.2) is 39.6 Å². The molecular formula is C20H18N4O. The zero-order chi connectivity index (χ0) is 17.2. The van der Waals surface area contributed by atoms with E-state index in [9.17, 15) is 4.79 Å². The Hall–Kier alpha value is -3.21. The molecule has 2 aliphatic rings. The largest absolute Gasteiger partial charge is 0.313 e. The predicted octanol–water partition coefficient (Wildman–Crippen LogP) is 3.07. The van der Waals surface area contributed by atoms with Crippen LogP contribution in [-0.2, 0) is 0 Å². The number of aryl methyl sites for hydroxylation is 1. The van der Waals surface area contributed by atoms with E-state index in [-0.39, 0.29) is 12.3 Å². The Labute approximate surface area is 146 Å². The fraction of sp³-hybridized carbons (Fsp3) is 0.150. The van der Waals surface area contributed by atoms with E-state index in [0.717, 1.165) is 34.9 Å². The standard InChI is InChI=1S/C20H18N4O/c1-15-2-4-17(5-3-15)19(25)14-24-13-12-23-11-8-18(22-20(23)24)16-6-9-21-10-7-16/h2-10,12-13H,11,14H2,1H3. The lowest BCUT2D eigenvalue weighted by Crippen LogP contribution is -2.38. The minimum absolute atomic E-state index is 0.0780. The zero-order valence-electron chi connectivity index (χ0n) is 14.0. The molecule has 3 heterocycles. The van der Waals surface area contributed by atoms with Crippen molar-refractivity contribution in [3.05, 3.63) is 84.0 Å². The maximum absolute atomic E-state index is 12.6. The van der Waals surface area contributed by atoms with Crippen molar-refractivity contribution in [2.75, 3.05) is 13.1 Å². The van der Waals surface area contributed by atoms with Crippen LogP contribution in [0.5, 0.6) is 0 Å². The SMILES string of the molecule is Cc1ccc(C(=O)CN2C=CN3CC=C(c4ccncc4)N=C32)cc1. The van der Waals surface area contributed by atoms with Gasteiger partial charge in [-0.1, -0.05) is 29.8 Å². The van der Waals surface area contributed by atoms with E-state index in [4.69, 9.17) is 4.99 Å². The summed E-state index contributed by atoms with van der Waals surface area (Å²) in [6.07, 6.45) is 9.46. The van der Waals surface area contributed by atoms with Gasteiger partial charge in [-0.3, -0.25) is 9.78 Å². The van der Waals surface area contributed by atoms with Crippen LogP contribution in [0, 0.1) is 6.92 Å². The van der Waals surface area contributed by atoms with Gasteiger partial charge in [0.15, 0.2) is 5.78 Å². The minimum atomic E-state index is 0.0780. The lowest BCUT2D eigenvalue weighted by atomic mass is 10.1. The molecule has 0 radical (unpaired) electrons. The van der Waals surface area contributed by atoms with E-state index in [0.29, 0.717) is 0 Å². The molecule has 5 nitrogen and oxygen atoms in total. The first-order valence-electron chi connectivity index (χ1n) is 8.21. The summed E-state index contributed by atoms with van der Waals surface area (Å²) in [6.45, 7) is 3.03. The first kappa shape index (κ1) is 15.3. The molecule has 5 heteroatoms. The lowest BCUT2D eigenvalue weighted by molar-refractivity contribution is 0.0974. The molecule has 0 spiro atoms. The van der Waals surface area contributed by atoms with Crippen molar-refractivity contribution in [2.45, 2.75) is 6.92 Å². The van der Waals surface area contributed by atoms with Crippen LogP contribution in [0.1, 0.15) is 21.5 Å². The number of hydrogen-bond donors (Lipinski definition) is 0. The van der Waals surface area contributed by atoms with Gasteiger partial charge in [0.1, 0.15) is 0 Å². The average Bonchev–Trinajstić information content (AvgIpc) is 3.05. The van der Waals surface area contributed by atoms with Crippen molar-refractivity contribution in [1.29, 1.82) is 0 Å². The van der Waals surface area contributed by atoms with Gasteiger partial charge in [-0.05, 0) is 25.1 Å². The molecule has 124 valence electrons. The van der Waals surface area contributed by atoms with Crippen molar-refractivity contribution in [2.24, 2.45) is 4.99 Å². The highest BCUT2D eigenvalue weighted by Crippen LogP contribution is 2.23. The molecule has 0 amide bonds. The van der Waals surface area contributed by atoms with Gasteiger partial charge in [0.2, 0.25) is 5.96 Å². The number of rotatable bonds is 4. The minimum Gasteiger partial charge on any atom is -0.313 e. The van der Waals surface area contributed by atoms with Gasteiger partial charge < -0.3 is 9.80 Å². The number of Topliss-reactive ketones (excluding diaryl/α,β-unsaturated/α-hetero) is 1. The normalized spacial score (nSPS) is 15.7. The van der Waals surface area contributed by atoms with Crippen molar-refractivity contribution in [3.8, 4) is 0 Å². The van der Waals surface area contributed by atoms with Gasteiger partial charge in [-0.15, -0.1) is 0 Å². The van der Waals surface area contributed by atoms with Gasteiger partial charge in [0.05, 0.1) is 12.2 Å². The van der Waals surface area contributed by atoms with E-state index in [1.165, 1.54) is 0 Å². The number of ketones is 1. The molecule has 0 fully saturated rings. The summed E-state index contributed by atoms with van der Waals surface area (Å²) in [5.74, 6) is 0.865. The third kappa shape index (κ3) is 3.08. The molecule has 0 aliphatic carbocycles. The fourth-order valence-electron chi connectivity index (χ4n) is 2.88. The van der Waals surface area contributed by atoms with Gasteiger partial charge in [-0.25, -0.2) is 4.99 Å². The summed E-state index contributed by atoms with van der Waals surface area (Å²) in [4.78, 5) is 25.3. The van der Waals surface area contributed by atoms with Crippen molar-refractivity contribution < 1.29 is 4.79 Å². The average molecular weight is 330 g/mol. The number of aromatic nitrogens is 1. The van der Waals surface area contributed by atoms with Crippen LogP contribution in [0.25, 0.3) is 5.70 Å². The fourth-order valence-corrected chi connectivity index (χ4v) is 2.88. The lowest BCUT2D eigenvalue weighted by Gasteiger charge is -2.25. The third-order valence-electron chi connectivity index (χ3n) is 4.31. The van der Waals surface area contributed by atoms with Crippen molar-refractivity contribution in [3.63, 3.8) is 0 Å². The highest BCUT2D eigenvalue weighted by Gasteiger charge is 2.26. The first-order chi connectivity index (χ1) is 12.2. The van der Waals surface area contributed by atoms with Crippen molar-refractivity contribution >= 4 is 17.4 Å². The Kier molecular flexibility index (Phi) is 3.90. The molecular weight excluding hydrogens is 312 g/mol. The Balaban J connectivity index is 1.54. The molecule has 0 unspecified atom stereocenters. The van der Waals surface area contributed by atoms with Crippen LogP contribution in [0.15, 0.2) is 72.3 Å². The number of benzene rings is 1. The zero-order valence-corrected chi connectivity index (χ0v) is 14.0. The summed E-state index contributed by atoms with van der Waals surface area (Å²) < 4.78 is 0. The van der Waals surface area contributed by atoms with Crippen LogP contribution >= 0.6 is 0 Å². The molecule has 0 N–H and O–H groups in total. The first-order valence-corrected chi connectivity index (χ1v) is 8.21. The third-order valence-corrected chi connectivity index (χ3v) is 4.31. The van der Waals surface area contributed by atoms with Crippen LogP contribution in [0.2, 0.25) is 0 Å². The van der Waals surface area contributed by atoms with E-state index in [2.05, 4.69) is 11.1 Å². The van der Waals surface area contributed by atoms with Crippen LogP contribution in [0.3, 0.4) is 0 Å². The summed E-state index contributed by atoms with van der Waals surface area (Å²) in [6, 6.07) is 11.6. The van der Waals surface area contributed by atoms with Gasteiger partial charge in [0, 0.05) is 42.5 Å². The molecule has 0 saturated carbocycles. The Morgan fingerprint density at radius 2 is 1.84 bits per heavy atom. The molecule has 0 atom stereocenters. The van der Waals surface area contributed by atoms with E-state index >= 15 is 0 Å². The molecule has 0 bridgehead atoms. The molecule has 25 heavy (non-hydrogen) atoms. The number of carbonyl (C=O) groups excluding carboxylic acids is 1. The van der Waals surface area contributed by atoms with Crippen LogP contribution < -0.4 is 0 Å². The van der Waals surface area contributed by atoms with Gasteiger partial charge >= 0.3 is 0 Å². The maximum atomic E-state index is 12.6. The van der Waals surface area contributed by atoms with Gasteiger partial charge in [-0.2, -0.15) is 0 Å². The number of guanidine groups is 1. The van der Waals surface area contributed by atoms with E-state index in [1.54, 1.807) is 12.4 Å². The Bertz CT molecular complexity index is 882. The van der Waals surface area contributed by atoms with Crippen molar-refractivity contribution in [1.82, 2.24) is 14.8 Å². The number of pyridine rings is 1. The number of nitrogens with zero attached hydrogens (tertiary/aromatic N) is 4. The molecule has 1 aromatic carbocycles. The maximum Gasteiger partial charge on any atom is 0.210 e. The smallest absolute Gasteiger partial charge is 0.210 e. The molecule has 2 aliphatic heterocycles. The quantitative estimate of drug-likeness (QED) is 0.809. The molecule has 0 saturated heterocycles. The number of carbonyl (C=O) groups is 1. The Morgan fingerprint density at radius 1 is 1.08 bits per heavy atom. The van der Waals surface area contributed by atoms with E-state index < -0.39 is 0 Å². The predicted molar refractivity (Wildman–Crippen MR) is 97.7 cm³/mol. The monoisotopic (exact) mass is 330 g/mol. The summed E-state index contributed by atoms with van der Waals surface area (Å²) in [7, 11) is 0. The molecule has 4 rings (SSSR count). The highest BCUT2D eigenvalue weighted by molar-refractivity contribution is 6.01. The summed E-state index contributed by atoms with van der Waals surface area (Å²) in [5, 5.41) is 0. The second kappa shape index (κ2) is 6.36. The number of aliphatic imine (C=N–C) groups is 1. The topological polar surface area (TPSA) is 48.8 Å². The van der Waals surface area contributed by atoms with Gasteiger partial charge in [0.25, 0.3) is 0 Å². The molecule has 1 aromatic heterocycles. The number of fused-ring (bicyclic) bond motifs is 1. The highest BCUT2D eigenvalue weighted by atomic mass is 16.1.